The van der Waals surface area contributed by atoms with Crippen LogP contribution < -0.4 is 0 Å². The first kappa shape index (κ1) is 12.7. The molecule has 0 spiro atoms. The van der Waals surface area contributed by atoms with Crippen LogP contribution in [0.5, 0.6) is 11.5 Å². The molecule has 0 saturated heterocycles. The molecule has 0 aromatic heterocycles. The third kappa shape index (κ3) is 2.00. The number of phenols is 2. The van der Waals surface area contributed by atoms with E-state index in [9.17, 15) is 15.0 Å². The molecular weight excluding hydrogens is 274 g/mol. The largest absolute Gasteiger partial charge is 0.507 e. The van der Waals surface area contributed by atoms with Crippen LogP contribution in [0.25, 0.3) is 0 Å². The average Bonchev–Trinajstić information content (AvgIpc) is 2.80. The number of nitriles is 1. The molecule has 1 aromatic rings. The standard InChI is InChI=1S/C11H7NO4S2/c1-16-10(15)5(4-12)11-17-8-6(13)2-3-7(14)9(8)18-11/h2-3,13-14H,1H3. The van der Waals surface area contributed by atoms with Crippen molar-refractivity contribution in [2.24, 2.45) is 0 Å². The molecule has 2 N–H and O–H groups in total. The molecule has 0 aliphatic carbocycles. The number of aromatic hydroxyl groups is 2. The molecule has 0 saturated carbocycles. The third-order valence-electron chi connectivity index (χ3n) is 2.17. The fourth-order valence-corrected chi connectivity index (χ4v) is 3.81. The summed E-state index contributed by atoms with van der Waals surface area (Å²) in [4.78, 5) is 12.3. The second kappa shape index (κ2) is 4.84. The van der Waals surface area contributed by atoms with Gasteiger partial charge >= 0.3 is 5.97 Å². The van der Waals surface area contributed by atoms with E-state index in [0.717, 1.165) is 23.5 Å². The van der Waals surface area contributed by atoms with Crippen LogP contribution in [0.4, 0.5) is 0 Å². The highest BCUT2D eigenvalue weighted by Gasteiger charge is 2.29. The number of benzene rings is 1. The van der Waals surface area contributed by atoms with Gasteiger partial charge in [-0.15, -0.1) is 0 Å². The van der Waals surface area contributed by atoms with Gasteiger partial charge in [-0.3, -0.25) is 0 Å². The minimum absolute atomic E-state index is 0.00236. The Kier molecular flexibility index (Phi) is 3.41. The van der Waals surface area contributed by atoms with Crippen LogP contribution in [0, 0.1) is 11.3 Å². The van der Waals surface area contributed by atoms with E-state index in [2.05, 4.69) is 4.74 Å². The summed E-state index contributed by atoms with van der Waals surface area (Å²) in [7, 11) is 1.19. The van der Waals surface area contributed by atoms with E-state index in [4.69, 9.17) is 5.26 Å². The quantitative estimate of drug-likeness (QED) is 0.353. The van der Waals surface area contributed by atoms with Crippen molar-refractivity contribution >= 4 is 29.5 Å². The van der Waals surface area contributed by atoms with Crippen LogP contribution in [-0.4, -0.2) is 23.3 Å². The van der Waals surface area contributed by atoms with Crippen molar-refractivity contribution in [3.05, 3.63) is 21.9 Å². The first-order valence-electron chi connectivity index (χ1n) is 4.71. The number of hydrogen-bond acceptors (Lipinski definition) is 7. The Labute approximate surface area is 111 Å². The fraction of sp³-hybridized carbons (Fsp3) is 0.0909. The number of fused-ring (bicyclic) bond motifs is 1. The summed E-state index contributed by atoms with van der Waals surface area (Å²) in [6.45, 7) is 0. The fourth-order valence-electron chi connectivity index (χ4n) is 1.32. The van der Waals surface area contributed by atoms with Crippen LogP contribution >= 0.6 is 23.5 Å². The molecule has 92 valence electrons. The second-order valence-corrected chi connectivity index (χ2v) is 5.53. The SMILES string of the molecule is COC(=O)C(C#N)=C1Sc2c(O)ccc(O)c2S1. The number of nitrogens with zero attached hydrogens (tertiary/aromatic N) is 1. The molecule has 0 unspecified atom stereocenters. The Hall–Kier alpha value is -1.78. The van der Waals surface area contributed by atoms with Gasteiger partial charge in [0.25, 0.3) is 0 Å². The lowest BCUT2D eigenvalue weighted by Crippen LogP contribution is -2.03. The normalized spacial score (nSPS) is 12.8. The number of ether oxygens (including phenoxy) is 1. The highest BCUT2D eigenvalue weighted by atomic mass is 32.2. The van der Waals surface area contributed by atoms with Gasteiger partial charge in [-0.25, -0.2) is 4.79 Å². The van der Waals surface area contributed by atoms with Crippen LogP contribution in [0.15, 0.2) is 31.7 Å². The van der Waals surface area contributed by atoms with E-state index in [0.29, 0.717) is 14.0 Å². The van der Waals surface area contributed by atoms with Gasteiger partial charge in [0.05, 0.1) is 21.1 Å². The van der Waals surface area contributed by atoms with E-state index >= 15 is 0 Å². The number of hydrogen-bond donors (Lipinski definition) is 2. The van der Waals surface area contributed by atoms with E-state index in [1.54, 1.807) is 6.07 Å². The second-order valence-electron chi connectivity index (χ2n) is 3.23. The predicted octanol–water partition coefficient (Wildman–Crippen LogP) is 2.20. The Balaban J connectivity index is 2.49. The minimum atomic E-state index is -0.737. The summed E-state index contributed by atoms with van der Waals surface area (Å²) in [5, 5.41) is 28.3. The lowest BCUT2D eigenvalue weighted by Gasteiger charge is -2.00. The summed E-state index contributed by atoms with van der Waals surface area (Å²) >= 11 is 2.13. The maximum Gasteiger partial charge on any atom is 0.350 e. The molecule has 7 heteroatoms. The van der Waals surface area contributed by atoms with E-state index < -0.39 is 5.97 Å². The van der Waals surface area contributed by atoms with E-state index in [1.807, 2.05) is 0 Å². The number of carbonyl (C=O) groups is 1. The zero-order chi connectivity index (χ0) is 13.3. The van der Waals surface area contributed by atoms with Crippen LogP contribution in [0.3, 0.4) is 0 Å². The van der Waals surface area contributed by atoms with Crippen LogP contribution in [0.2, 0.25) is 0 Å². The van der Waals surface area contributed by atoms with Crippen LogP contribution in [0.1, 0.15) is 0 Å². The number of thioether (sulfide) groups is 2. The van der Waals surface area contributed by atoms with Crippen molar-refractivity contribution in [2.45, 2.75) is 9.79 Å². The van der Waals surface area contributed by atoms with Gasteiger partial charge < -0.3 is 14.9 Å². The molecule has 0 bridgehead atoms. The number of methoxy groups -OCH3 is 1. The molecular formula is C11H7NO4S2. The van der Waals surface area contributed by atoms with Gasteiger partial charge in [0.15, 0.2) is 5.57 Å². The summed E-state index contributed by atoms with van der Waals surface area (Å²) in [6, 6.07) is 4.48. The first-order chi connectivity index (χ1) is 8.58. The van der Waals surface area contributed by atoms with Crippen molar-refractivity contribution in [3.8, 4) is 17.6 Å². The highest BCUT2D eigenvalue weighted by Crippen LogP contribution is 2.58. The number of phenolic OH excluding ortho intramolecular Hbond substituents is 2. The van der Waals surface area contributed by atoms with Gasteiger partial charge in [0.2, 0.25) is 0 Å². The number of carbonyl (C=O) groups excluding carboxylic acids is 1. The van der Waals surface area contributed by atoms with Crippen molar-refractivity contribution in [1.29, 1.82) is 5.26 Å². The average molecular weight is 281 g/mol. The molecule has 5 nitrogen and oxygen atoms in total. The highest BCUT2D eigenvalue weighted by molar-refractivity contribution is 8.24. The van der Waals surface area contributed by atoms with Gasteiger partial charge in [-0.05, 0) is 12.1 Å². The van der Waals surface area contributed by atoms with Gasteiger partial charge in [0, 0.05) is 0 Å². The molecule has 0 amide bonds. The van der Waals surface area contributed by atoms with Crippen molar-refractivity contribution in [3.63, 3.8) is 0 Å². The summed E-state index contributed by atoms with van der Waals surface area (Å²) in [5.74, 6) is -0.741. The maximum atomic E-state index is 11.4. The monoisotopic (exact) mass is 281 g/mol. The molecule has 1 heterocycles. The molecule has 0 radical (unpaired) electrons. The van der Waals surface area contributed by atoms with E-state index in [1.165, 1.54) is 19.2 Å². The lowest BCUT2D eigenvalue weighted by molar-refractivity contribution is -0.135. The van der Waals surface area contributed by atoms with Crippen molar-refractivity contribution in [1.82, 2.24) is 0 Å². The van der Waals surface area contributed by atoms with Crippen molar-refractivity contribution in [2.75, 3.05) is 7.11 Å². The zero-order valence-electron chi connectivity index (χ0n) is 9.13. The molecule has 0 fully saturated rings. The molecule has 1 aliphatic heterocycles. The van der Waals surface area contributed by atoms with Gasteiger partial charge in [0.1, 0.15) is 17.6 Å². The molecule has 2 rings (SSSR count). The van der Waals surface area contributed by atoms with Crippen molar-refractivity contribution < 1.29 is 19.7 Å². The van der Waals surface area contributed by atoms with Gasteiger partial charge in [-0.2, -0.15) is 5.26 Å². The Morgan fingerprint density at radius 2 is 1.78 bits per heavy atom. The predicted molar refractivity (Wildman–Crippen MR) is 66.1 cm³/mol. The number of esters is 1. The smallest absolute Gasteiger partial charge is 0.350 e. The minimum Gasteiger partial charge on any atom is -0.507 e. The molecule has 18 heavy (non-hydrogen) atoms. The molecule has 1 aliphatic rings. The summed E-state index contributed by atoms with van der Waals surface area (Å²) in [6.07, 6.45) is 0. The van der Waals surface area contributed by atoms with E-state index in [-0.39, 0.29) is 17.1 Å². The topological polar surface area (TPSA) is 90.6 Å². The Morgan fingerprint density at radius 1 is 1.28 bits per heavy atom. The Bertz CT molecular complexity index is 571. The summed E-state index contributed by atoms with van der Waals surface area (Å²) in [5.41, 5.74) is -0.137. The number of rotatable bonds is 1. The van der Waals surface area contributed by atoms with Crippen LogP contribution in [-0.2, 0) is 9.53 Å². The molecule has 0 atom stereocenters. The molecule has 1 aromatic carbocycles. The zero-order valence-corrected chi connectivity index (χ0v) is 10.8. The van der Waals surface area contributed by atoms with Gasteiger partial charge in [-0.1, -0.05) is 23.5 Å². The Morgan fingerprint density at radius 3 is 2.17 bits per heavy atom. The maximum absolute atomic E-state index is 11.4. The third-order valence-corrected chi connectivity index (χ3v) is 4.81. The summed E-state index contributed by atoms with van der Waals surface area (Å²) < 4.78 is 4.89. The lowest BCUT2D eigenvalue weighted by atomic mass is 10.3. The first-order valence-corrected chi connectivity index (χ1v) is 6.35.